The first-order chi connectivity index (χ1) is 7.77. The number of aliphatic carboxylic acids is 1. The molecule has 0 aliphatic heterocycles. The topological polar surface area (TPSA) is 37.3 Å². The molecule has 2 nitrogen and oxygen atoms in total. The molecule has 0 radical (unpaired) electrons. The van der Waals surface area contributed by atoms with Gasteiger partial charge in [-0.05, 0) is 6.42 Å². The molecule has 0 bridgehead atoms. The van der Waals surface area contributed by atoms with E-state index in [9.17, 15) is 4.79 Å². The van der Waals surface area contributed by atoms with Crippen molar-refractivity contribution in [2.24, 2.45) is 0 Å². The highest BCUT2D eigenvalue weighted by Gasteiger charge is 1.96. The van der Waals surface area contributed by atoms with Crippen LogP contribution in [0.1, 0.15) is 84.0 Å². The SMILES string of the molecule is CCCCCCCCCCCCCC(=O)O.Cl.Cl.Cl.Cl. The zero-order chi connectivity index (χ0) is 12.1. The Morgan fingerprint density at radius 3 is 1.25 bits per heavy atom. The number of carboxylic acids is 1. The molecule has 0 amide bonds. The van der Waals surface area contributed by atoms with Crippen molar-refractivity contribution in [3.05, 3.63) is 0 Å². The summed E-state index contributed by atoms with van der Waals surface area (Å²) in [5.41, 5.74) is 0. The monoisotopic (exact) mass is 372 g/mol. The van der Waals surface area contributed by atoms with Gasteiger partial charge in [0.1, 0.15) is 0 Å². The smallest absolute Gasteiger partial charge is 0.303 e. The highest BCUT2D eigenvalue weighted by Crippen LogP contribution is 2.11. The molecule has 0 atom stereocenters. The molecule has 0 aromatic rings. The number of hydrogen-bond donors (Lipinski definition) is 1. The fourth-order valence-corrected chi connectivity index (χ4v) is 1.94. The predicted octanol–water partition coefficient (Wildman–Crippen LogP) is 6.46. The second-order valence-corrected chi connectivity index (χ2v) is 4.68. The lowest BCUT2D eigenvalue weighted by Gasteiger charge is -2.01. The molecule has 0 aromatic heterocycles. The second kappa shape index (κ2) is 27.9. The maximum Gasteiger partial charge on any atom is 0.303 e. The van der Waals surface area contributed by atoms with Crippen molar-refractivity contribution in [3.63, 3.8) is 0 Å². The fourth-order valence-electron chi connectivity index (χ4n) is 1.94. The van der Waals surface area contributed by atoms with Crippen molar-refractivity contribution in [2.75, 3.05) is 0 Å². The van der Waals surface area contributed by atoms with Crippen molar-refractivity contribution < 1.29 is 9.90 Å². The standard InChI is InChI=1S/C14H28O2.4ClH/c1-2-3-4-5-6-7-8-9-10-11-12-13-14(15)16;;;;/h2-13H2,1H3,(H,15,16);4*1H. The van der Waals surface area contributed by atoms with Gasteiger partial charge in [-0.15, -0.1) is 49.6 Å². The Morgan fingerprint density at radius 2 is 0.950 bits per heavy atom. The molecular formula is C14H32Cl4O2. The molecule has 0 fully saturated rings. The molecule has 0 aromatic carbocycles. The Kier molecular flexibility index (Phi) is 45.4. The van der Waals surface area contributed by atoms with Crippen molar-refractivity contribution >= 4 is 55.6 Å². The van der Waals surface area contributed by atoms with Gasteiger partial charge < -0.3 is 5.11 Å². The third-order valence-electron chi connectivity index (χ3n) is 2.99. The summed E-state index contributed by atoms with van der Waals surface area (Å²) in [6.07, 6.45) is 14.4. The van der Waals surface area contributed by atoms with Gasteiger partial charge in [0.15, 0.2) is 0 Å². The van der Waals surface area contributed by atoms with Gasteiger partial charge in [0, 0.05) is 6.42 Å². The first-order valence-corrected chi connectivity index (χ1v) is 6.99. The van der Waals surface area contributed by atoms with Crippen LogP contribution >= 0.6 is 49.6 Å². The van der Waals surface area contributed by atoms with E-state index in [1.807, 2.05) is 0 Å². The van der Waals surface area contributed by atoms with Gasteiger partial charge in [0.25, 0.3) is 0 Å². The first kappa shape index (κ1) is 32.5. The summed E-state index contributed by atoms with van der Waals surface area (Å²) in [6, 6.07) is 0. The minimum atomic E-state index is -0.657. The van der Waals surface area contributed by atoms with E-state index in [2.05, 4.69) is 6.92 Å². The summed E-state index contributed by atoms with van der Waals surface area (Å²) in [6.45, 7) is 2.25. The maximum atomic E-state index is 10.3. The van der Waals surface area contributed by atoms with Crippen LogP contribution in [0.3, 0.4) is 0 Å². The van der Waals surface area contributed by atoms with Crippen molar-refractivity contribution in [1.29, 1.82) is 0 Å². The third-order valence-corrected chi connectivity index (χ3v) is 2.99. The number of halogens is 4. The molecule has 0 rings (SSSR count). The zero-order valence-corrected chi connectivity index (χ0v) is 15.7. The van der Waals surface area contributed by atoms with E-state index >= 15 is 0 Å². The van der Waals surface area contributed by atoms with Gasteiger partial charge in [-0.25, -0.2) is 0 Å². The predicted molar refractivity (Wildman–Crippen MR) is 97.7 cm³/mol. The van der Waals surface area contributed by atoms with Crippen LogP contribution in [0.15, 0.2) is 0 Å². The highest BCUT2D eigenvalue weighted by atomic mass is 35.5. The van der Waals surface area contributed by atoms with Gasteiger partial charge in [-0.3, -0.25) is 4.79 Å². The van der Waals surface area contributed by atoms with Gasteiger partial charge in [-0.1, -0.05) is 71.1 Å². The lowest BCUT2D eigenvalue weighted by Crippen LogP contribution is -1.93. The second-order valence-electron chi connectivity index (χ2n) is 4.68. The Hall–Kier alpha value is 0.630. The van der Waals surface area contributed by atoms with Crippen LogP contribution in [0, 0.1) is 0 Å². The van der Waals surface area contributed by atoms with E-state index in [-0.39, 0.29) is 49.6 Å². The van der Waals surface area contributed by atoms with E-state index in [0.29, 0.717) is 6.42 Å². The summed E-state index contributed by atoms with van der Waals surface area (Å²) in [5.74, 6) is -0.657. The van der Waals surface area contributed by atoms with Gasteiger partial charge in [-0.2, -0.15) is 0 Å². The molecule has 0 saturated heterocycles. The lowest BCUT2D eigenvalue weighted by atomic mass is 10.1. The van der Waals surface area contributed by atoms with E-state index in [0.717, 1.165) is 12.8 Å². The lowest BCUT2D eigenvalue weighted by molar-refractivity contribution is -0.137. The largest absolute Gasteiger partial charge is 0.481 e. The van der Waals surface area contributed by atoms with Crippen LogP contribution in [0.5, 0.6) is 0 Å². The van der Waals surface area contributed by atoms with E-state index in [1.165, 1.54) is 57.8 Å². The van der Waals surface area contributed by atoms with Crippen molar-refractivity contribution in [2.45, 2.75) is 84.0 Å². The van der Waals surface area contributed by atoms with Crippen molar-refractivity contribution in [1.82, 2.24) is 0 Å². The first-order valence-electron chi connectivity index (χ1n) is 6.99. The van der Waals surface area contributed by atoms with E-state index < -0.39 is 5.97 Å². The molecule has 0 aliphatic rings. The molecular weight excluding hydrogens is 342 g/mol. The molecule has 0 saturated carbocycles. The Balaban J connectivity index is -0.000000187. The van der Waals surface area contributed by atoms with Crippen LogP contribution in [0.2, 0.25) is 0 Å². The molecule has 6 heteroatoms. The minimum absolute atomic E-state index is 0. The van der Waals surface area contributed by atoms with Crippen LogP contribution < -0.4 is 0 Å². The average molecular weight is 374 g/mol. The number of hydrogen-bond acceptors (Lipinski definition) is 1. The molecule has 20 heavy (non-hydrogen) atoms. The summed E-state index contributed by atoms with van der Waals surface area (Å²) in [4.78, 5) is 10.3. The van der Waals surface area contributed by atoms with E-state index in [4.69, 9.17) is 5.11 Å². The van der Waals surface area contributed by atoms with Gasteiger partial charge in [0.2, 0.25) is 0 Å². The number of unbranched alkanes of at least 4 members (excludes halogenated alkanes) is 10. The molecule has 1 N–H and O–H groups in total. The normalized spacial score (nSPS) is 8.45. The molecule has 0 spiro atoms. The Morgan fingerprint density at radius 1 is 0.650 bits per heavy atom. The number of rotatable bonds is 12. The summed E-state index contributed by atoms with van der Waals surface area (Å²) >= 11 is 0. The van der Waals surface area contributed by atoms with Gasteiger partial charge >= 0.3 is 5.97 Å². The Bertz CT molecular complexity index is 169. The maximum absolute atomic E-state index is 10.3. The van der Waals surface area contributed by atoms with E-state index in [1.54, 1.807) is 0 Å². The third kappa shape index (κ3) is 31.2. The van der Waals surface area contributed by atoms with Crippen LogP contribution in [0.4, 0.5) is 0 Å². The van der Waals surface area contributed by atoms with Crippen LogP contribution in [0.25, 0.3) is 0 Å². The minimum Gasteiger partial charge on any atom is -0.481 e. The molecule has 0 heterocycles. The average Bonchev–Trinajstić information content (AvgIpc) is 2.25. The summed E-state index contributed by atoms with van der Waals surface area (Å²) in [5, 5.41) is 8.46. The van der Waals surface area contributed by atoms with Gasteiger partial charge in [0.05, 0.1) is 0 Å². The quantitative estimate of drug-likeness (QED) is 0.398. The Labute approximate surface area is 149 Å². The highest BCUT2D eigenvalue weighted by molar-refractivity contribution is 5.86. The fraction of sp³-hybridized carbons (Fsp3) is 0.929. The molecule has 0 aliphatic carbocycles. The summed E-state index contributed by atoms with van der Waals surface area (Å²) < 4.78 is 0. The van der Waals surface area contributed by atoms with Crippen molar-refractivity contribution in [3.8, 4) is 0 Å². The number of carboxylic acid groups (broad SMARTS) is 1. The summed E-state index contributed by atoms with van der Waals surface area (Å²) in [7, 11) is 0. The zero-order valence-electron chi connectivity index (χ0n) is 12.5. The van der Waals surface area contributed by atoms with Crippen LogP contribution in [-0.4, -0.2) is 11.1 Å². The van der Waals surface area contributed by atoms with Crippen LogP contribution in [-0.2, 0) is 4.79 Å². The molecule has 128 valence electrons. The number of carbonyl (C=O) groups is 1. The molecule has 0 unspecified atom stereocenters.